The number of carbonyl (C=O) groups is 1. The van der Waals surface area contributed by atoms with Crippen LogP contribution in [0.1, 0.15) is 40.0 Å². The van der Waals surface area contributed by atoms with Crippen LogP contribution in [0.4, 0.5) is 0 Å². The molecule has 2 rings (SSSR count). The molecule has 0 bridgehead atoms. The number of amides is 1. The summed E-state index contributed by atoms with van der Waals surface area (Å²) >= 11 is 0. The summed E-state index contributed by atoms with van der Waals surface area (Å²) in [6, 6.07) is 0.695. The van der Waals surface area contributed by atoms with Crippen LogP contribution in [0.25, 0.3) is 0 Å². The van der Waals surface area contributed by atoms with Gasteiger partial charge in [0.1, 0.15) is 0 Å². The molecule has 0 aliphatic carbocycles. The smallest absolute Gasteiger partial charge is 0.222 e. The third-order valence-electron chi connectivity index (χ3n) is 4.31. The number of nitrogens with one attached hydrogen (secondary N) is 1. The highest BCUT2D eigenvalue weighted by atomic mass is 16.2. The summed E-state index contributed by atoms with van der Waals surface area (Å²) in [5, 5.41) is 3.57. The Kier molecular flexibility index (Phi) is 4.28. The van der Waals surface area contributed by atoms with Gasteiger partial charge in [-0.1, -0.05) is 6.92 Å². The lowest BCUT2D eigenvalue weighted by Gasteiger charge is -2.45. The van der Waals surface area contributed by atoms with E-state index in [1.165, 1.54) is 12.8 Å². The fraction of sp³-hybridized carbons (Fsp3) is 0.929. The van der Waals surface area contributed by atoms with Gasteiger partial charge < -0.3 is 10.2 Å². The normalized spacial score (nSPS) is 29.3. The second-order valence-electron chi connectivity index (χ2n) is 6.23. The maximum absolute atomic E-state index is 11.7. The van der Waals surface area contributed by atoms with Gasteiger partial charge in [-0.2, -0.15) is 0 Å². The number of rotatable bonds is 2. The van der Waals surface area contributed by atoms with E-state index in [0.29, 0.717) is 18.4 Å². The molecule has 0 aromatic carbocycles. The van der Waals surface area contributed by atoms with Crippen molar-refractivity contribution in [2.24, 2.45) is 0 Å². The fourth-order valence-corrected chi connectivity index (χ4v) is 3.21. The van der Waals surface area contributed by atoms with Gasteiger partial charge in [0.25, 0.3) is 0 Å². The number of hydrogen-bond donors (Lipinski definition) is 1. The quantitative estimate of drug-likeness (QED) is 0.799. The SMILES string of the molecule is CCC(=O)N1CCN(C2CCNC(C)(C)C2)CC1. The molecule has 0 spiro atoms. The molecule has 18 heavy (non-hydrogen) atoms. The molecule has 1 amide bonds. The lowest BCUT2D eigenvalue weighted by Crippen LogP contribution is -2.57. The highest BCUT2D eigenvalue weighted by Gasteiger charge is 2.32. The molecule has 2 fully saturated rings. The number of piperazine rings is 1. The first-order valence-corrected chi connectivity index (χ1v) is 7.29. The minimum Gasteiger partial charge on any atom is -0.340 e. The molecule has 1 atom stereocenters. The van der Waals surface area contributed by atoms with Crippen LogP contribution in [0.15, 0.2) is 0 Å². The molecular formula is C14H27N3O. The number of carbonyl (C=O) groups excluding carboxylic acids is 1. The Balaban J connectivity index is 1.84. The Morgan fingerprint density at radius 3 is 2.50 bits per heavy atom. The molecule has 2 saturated heterocycles. The van der Waals surface area contributed by atoms with Gasteiger partial charge in [0.15, 0.2) is 0 Å². The van der Waals surface area contributed by atoms with Crippen molar-refractivity contribution < 1.29 is 4.79 Å². The Labute approximate surface area is 111 Å². The van der Waals surface area contributed by atoms with Gasteiger partial charge in [0, 0.05) is 44.2 Å². The van der Waals surface area contributed by atoms with Crippen molar-refractivity contribution in [3.63, 3.8) is 0 Å². The van der Waals surface area contributed by atoms with E-state index in [0.717, 1.165) is 32.7 Å². The second-order valence-corrected chi connectivity index (χ2v) is 6.23. The average molecular weight is 253 g/mol. The van der Waals surface area contributed by atoms with Crippen LogP contribution in [0.3, 0.4) is 0 Å². The Bertz CT molecular complexity index is 295. The molecule has 4 heteroatoms. The van der Waals surface area contributed by atoms with Gasteiger partial charge >= 0.3 is 0 Å². The van der Waals surface area contributed by atoms with Crippen LogP contribution in [0, 0.1) is 0 Å². The maximum Gasteiger partial charge on any atom is 0.222 e. The van der Waals surface area contributed by atoms with Crippen LogP contribution in [-0.4, -0.2) is 60.0 Å². The van der Waals surface area contributed by atoms with Crippen molar-refractivity contribution in [3.8, 4) is 0 Å². The van der Waals surface area contributed by atoms with Gasteiger partial charge in [-0.05, 0) is 33.2 Å². The largest absolute Gasteiger partial charge is 0.340 e. The molecule has 0 radical (unpaired) electrons. The third kappa shape index (κ3) is 3.23. The number of piperidine rings is 1. The zero-order valence-electron chi connectivity index (χ0n) is 12.0. The summed E-state index contributed by atoms with van der Waals surface area (Å²) in [6.45, 7) is 11.6. The molecule has 1 N–H and O–H groups in total. The van der Waals surface area contributed by atoms with Gasteiger partial charge in [-0.15, -0.1) is 0 Å². The monoisotopic (exact) mass is 253 g/mol. The third-order valence-corrected chi connectivity index (χ3v) is 4.31. The summed E-state index contributed by atoms with van der Waals surface area (Å²) < 4.78 is 0. The van der Waals surface area contributed by atoms with Crippen LogP contribution in [0.2, 0.25) is 0 Å². The molecule has 0 aromatic rings. The summed E-state index contributed by atoms with van der Waals surface area (Å²) in [6.07, 6.45) is 3.10. The van der Waals surface area contributed by atoms with Gasteiger partial charge in [0.05, 0.1) is 0 Å². The first-order chi connectivity index (χ1) is 8.52. The van der Waals surface area contributed by atoms with Crippen molar-refractivity contribution in [1.82, 2.24) is 15.1 Å². The second kappa shape index (κ2) is 5.57. The zero-order chi connectivity index (χ0) is 13.2. The average Bonchev–Trinajstić information content (AvgIpc) is 2.37. The summed E-state index contributed by atoms with van der Waals surface area (Å²) in [5.74, 6) is 0.306. The predicted molar refractivity (Wildman–Crippen MR) is 73.5 cm³/mol. The number of nitrogens with zero attached hydrogens (tertiary/aromatic N) is 2. The molecule has 4 nitrogen and oxygen atoms in total. The highest BCUT2D eigenvalue weighted by molar-refractivity contribution is 5.75. The predicted octanol–water partition coefficient (Wildman–Crippen LogP) is 1.07. The topological polar surface area (TPSA) is 35.6 Å². The maximum atomic E-state index is 11.7. The minimum absolute atomic E-state index is 0.263. The summed E-state index contributed by atoms with van der Waals surface area (Å²) in [5.41, 5.74) is 0.263. The van der Waals surface area contributed by atoms with Crippen LogP contribution < -0.4 is 5.32 Å². The van der Waals surface area contributed by atoms with E-state index in [2.05, 4.69) is 24.1 Å². The van der Waals surface area contributed by atoms with E-state index in [9.17, 15) is 4.79 Å². The first-order valence-electron chi connectivity index (χ1n) is 7.29. The molecule has 0 aromatic heterocycles. The van der Waals surface area contributed by atoms with Crippen molar-refractivity contribution in [2.75, 3.05) is 32.7 Å². The molecule has 1 unspecified atom stereocenters. The zero-order valence-corrected chi connectivity index (χ0v) is 12.0. The summed E-state index contributed by atoms with van der Waals surface area (Å²) in [4.78, 5) is 16.3. The molecule has 2 aliphatic heterocycles. The van der Waals surface area contributed by atoms with E-state index in [-0.39, 0.29) is 5.54 Å². The van der Waals surface area contributed by atoms with Crippen LogP contribution in [0.5, 0.6) is 0 Å². The van der Waals surface area contributed by atoms with Crippen molar-refractivity contribution in [3.05, 3.63) is 0 Å². The van der Waals surface area contributed by atoms with E-state index in [1.807, 2.05) is 11.8 Å². The van der Waals surface area contributed by atoms with Crippen molar-refractivity contribution in [2.45, 2.75) is 51.6 Å². The van der Waals surface area contributed by atoms with Crippen LogP contribution in [-0.2, 0) is 4.79 Å². The Morgan fingerprint density at radius 2 is 1.94 bits per heavy atom. The van der Waals surface area contributed by atoms with E-state index < -0.39 is 0 Å². The van der Waals surface area contributed by atoms with Gasteiger partial charge in [-0.3, -0.25) is 9.69 Å². The molecule has 104 valence electrons. The molecule has 2 aliphatic rings. The standard InChI is InChI=1S/C14H27N3O/c1-4-13(18)17-9-7-16(8-10-17)12-5-6-15-14(2,3)11-12/h12,15H,4-11H2,1-3H3. The fourth-order valence-electron chi connectivity index (χ4n) is 3.21. The highest BCUT2D eigenvalue weighted by Crippen LogP contribution is 2.23. The van der Waals surface area contributed by atoms with E-state index in [1.54, 1.807) is 0 Å². The molecule has 2 heterocycles. The van der Waals surface area contributed by atoms with Gasteiger partial charge in [0.2, 0.25) is 5.91 Å². The van der Waals surface area contributed by atoms with Gasteiger partial charge in [-0.25, -0.2) is 0 Å². The lowest BCUT2D eigenvalue weighted by atomic mass is 9.88. The molecular weight excluding hydrogens is 226 g/mol. The Morgan fingerprint density at radius 1 is 1.28 bits per heavy atom. The van der Waals surface area contributed by atoms with E-state index >= 15 is 0 Å². The summed E-state index contributed by atoms with van der Waals surface area (Å²) in [7, 11) is 0. The van der Waals surface area contributed by atoms with Crippen LogP contribution >= 0.6 is 0 Å². The van der Waals surface area contributed by atoms with Crippen molar-refractivity contribution >= 4 is 5.91 Å². The van der Waals surface area contributed by atoms with Crippen molar-refractivity contribution in [1.29, 1.82) is 0 Å². The number of hydrogen-bond acceptors (Lipinski definition) is 3. The first kappa shape index (κ1) is 13.8. The Hall–Kier alpha value is -0.610. The van der Waals surface area contributed by atoms with E-state index in [4.69, 9.17) is 0 Å². The lowest BCUT2D eigenvalue weighted by molar-refractivity contribution is -0.133. The minimum atomic E-state index is 0.263. The molecule has 0 saturated carbocycles.